The van der Waals surface area contributed by atoms with Gasteiger partial charge in [-0.25, -0.2) is 4.79 Å². The number of carbonyl (C=O) groups excluding carboxylic acids is 2. The fraction of sp³-hybridized carbons (Fsp3) is 0.800. The van der Waals surface area contributed by atoms with E-state index in [0.29, 0.717) is 13.0 Å². The highest BCUT2D eigenvalue weighted by atomic mass is 16.5. The van der Waals surface area contributed by atoms with E-state index in [1.807, 2.05) is 19.0 Å². The van der Waals surface area contributed by atoms with Gasteiger partial charge in [-0.15, -0.1) is 0 Å². The molecule has 1 aliphatic rings. The molecule has 1 rings (SSSR count). The molecular weight excluding hydrogens is 212 g/mol. The number of hydrogen-bond donors (Lipinski definition) is 1. The second kappa shape index (κ2) is 5.27. The summed E-state index contributed by atoms with van der Waals surface area (Å²) in [4.78, 5) is 26.1. The van der Waals surface area contributed by atoms with Gasteiger partial charge in [0.2, 0.25) is 0 Å². The predicted molar refractivity (Wildman–Crippen MR) is 56.7 cm³/mol. The van der Waals surface area contributed by atoms with Crippen LogP contribution in [0.1, 0.15) is 6.42 Å². The minimum absolute atomic E-state index is 0.128. The molecular formula is C10H18N2O4. The van der Waals surface area contributed by atoms with Crippen LogP contribution < -0.4 is 0 Å². The standard InChI is InChI=1S/C10H18N2O4/c1-11(2)5-7-4-8(13)6-12(7)9(14)10(15)16-3/h7-8,13H,4-6H2,1-3H3. The summed E-state index contributed by atoms with van der Waals surface area (Å²) in [6.45, 7) is 0.826. The van der Waals surface area contributed by atoms with Gasteiger partial charge in [0.05, 0.1) is 13.2 Å². The topological polar surface area (TPSA) is 70.1 Å². The maximum Gasteiger partial charge on any atom is 0.396 e. The molecule has 2 unspecified atom stereocenters. The second-order valence-electron chi connectivity index (χ2n) is 4.25. The Morgan fingerprint density at radius 2 is 2.12 bits per heavy atom. The summed E-state index contributed by atoms with van der Waals surface area (Å²) in [6, 6.07) is -0.128. The van der Waals surface area contributed by atoms with Crippen LogP contribution in [0, 0.1) is 0 Å². The SMILES string of the molecule is COC(=O)C(=O)N1CC(O)CC1CN(C)C. The van der Waals surface area contributed by atoms with Crippen molar-refractivity contribution in [2.24, 2.45) is 0 Å². The average Bonchev–Trinajstić information content (AvgIpc) is 2.56. The van der Waals surface area contributed by atoms with Crippen LogP contribution in [0.3, 0.4) is 0 Å². The van der Waals surface area contributed by atoms with Crippen molar-refractivity contribution in [3.05, 3.63) is 0 Å². The number of ether oxygens (including phenoxy) is 1. The minimum atomic E-state index is -0.877. The van der Waals surface area contributed by atoms with Gasteiger partial charge in [0.15, 0.2) is 0 Å². The van der Waals surface area contributed by atoms with Gasteiger partial charge in [-0.1, -0.05) is 0 Å². The average molecular weight is 230 g/mol. The number of aliphatic hydroxyl groups is 1. The number of esters is 1. The van der Waals surface area contributed by atoms with E-state index in [9.17, 15) is 14.7 Å². The molecule has 0 spiro atoms. The third kappa shape index (κ3) is 2.93. The van der Waals surface area contributed by atoms with E-state index < -0.39 is 18.0 Å². The minimum Gasteiger partial charge on any atom is -0.462 e. The molecule has 6 heteroatoms. The molecule has 1 heterocycles. The largest absolute Gasteiger partial charge is 0.462 e. The van der Waals surface area contributed by atoms with Crippen molar-refractivity contribution in [1.82, 2.24) is 9.80 Å². The molecule has 0 aromatic heterocycles. The maximum absolute atomic E-state index is 11.6. The van der Waals surface area contributed by atoms with Gasteiger partial charge in [0.25, 0.3) is 0 Å². The molecule has 0 aromatic carbocycles. The summed E-state index contributed by atoms with van der Waals surface area (Å²) >= 11 is 0. The fourth-order valence-corrected chi connectivity index (χ4v) is 1.94. The van der Waals surface area contributed by atoms with E-state index in [1.165, 1.54) is 12.0 Å². The lowest BCUT2D eigenvalue weighted by Crippen LogP contribution is -2.44. The molecule has 0 saturated carbocycles. The highest BCUT2D eigenvalue weighted by molar-refractivity contribution is 6.32. The van der Waals surface area contributed by atoms with Gasteiger partial charge in [0, 0.05) is 19.1 Å². The Morgan fingerprint density at radius 1 is 1.50 bits per heavy atom. The smallest absolute Gasteiger partial charge is 0.396 e. The van der Waals surface area contributed by atoms with Crippen LogP contribution in [0.2, 0.25) is 0 Å². The number of amides is 1. The Labute approximate surface area is 94.8 Å². The zero-order valence-corrected chi connectivity index (χ0v) is 9.84. The van der Waals surface area contributed by atoms with Crippen molar-refractivity contribution >= 4 is 11.9 Å². The number of β-amino-alcohol motifs (C(OH)–C–C–N with tert-alkyl or cyclic N) is 1. The molecule has 16 heavy (non-hydrogen) atoms. The van der Waals surface area contributed by atoms with E-state index in [2.05, 4.69) is 4.74 Å². The van der Waals surface area contributed by atoms with E-state index in [0.717, 1.165) is 0 Å². The number of methoxy groups -OCH3 is 1. The fourth-order valence-electron chi connectivity index (χ4n) is 1.94. The van der Waals surface area contributed by atoms with Crippen molar-refractivity contribution in [2.75, 3.05) is 34.3 Å². The quantitative estimate of drug-likeness (QED) is 0.471. The number of nitrogens with zero attached hydrogens (tertiary/aromatic N) is 2. The van der Waals surface area contributed by atoms with E-state index >= 15 is 0 Å². The van der Waals surface area contributed by atoms with Gasteiger partial charge in [0.1, 0.15) is 0 Å². The summed E-state index contributed by atoms with van der Waals surface area (Å²) in [7, 11) is 4.94. The molecule has 6 nitrogen and oxygen atoms in total. The summed E-state index contributed by atoms with van der Waals surface area (Å²) in [5.74, 6) is -1.55. The normalized spacial score (nSPS) is 24.9. The first-order valence-corrected chi connectivity index (χ1v) is 5.17. The van der Waals surface area contributed by atoms with Crippen LogP contribution in [0.15, 0.2) is 0 Å². The van der Waals surface area contributed by atoms with Gasteiger partial charge < -0.3 is 19.6 Å². The van der Waals surface area contributed by atoms with E-state index in [-0.39, 0.29) is 12.6 Å². The van der Waals surface area contributed by atoms with Crippen molar-refractivity contribution in [1.29, 1.82) is 0 Å². The molecule has 2 atom stereocenters. The van der Waals surface area contributed by atoms with E-state index in [1.54, 1.807) is 0 Å². The number of rotatable bonds is 2. The lowest BCUT2D eigenvalue weighted by molar-refractivity contribution is -0.158. The zero-order chi connectivity index (χ0) is 12.3. The summed E-state index contributed by atoms with van der Waals surface area (Å²) in [5, 5.41) is 9.52. The highest BCUT2D eigenvalue weighted by Crippen LogP contribution is 2.18. The summed E-state index contributed by atoms with van der Waals surface area (Å²) in [5.41, 5.74) is 0. The van der Waals surface area contributed by atoms with Crippen LogP contribution >= 0.6 is 0 Å². The van der Waals surface area contributed by atoms with Gasteiger partial charge >= 0.3 is 11.9 Å². The van der Waals surface area contributed by atoms with Crippen LogP contribution in [0.5, 0.6) is 0 Å². The first-order valence-electron chi connectivity index (χ1n) is 5.17. The Bertz CT molecular complexity index is 280. The molecule has 92 valence electrons. The molecule has 0 bridgehead atoms. The lowest BCUT2D eigenvalue weighted by atomic mass is 10.2. The number of aliphatic hydroxyl groups excluding tert-OH is 1. The molecule has 0 radical (unpaired) electrons. The first kappa shape index (κ1) is 12.9. The molecule has 0 aliphatic carbocycles. The molecule has 0 aromatic rings. The van der Waals surface area contributed by atoms with Crippen molar-refractivity contribution < 1.29 is 19.4 Å². The molecule has 1 N–H and O–H groups in total. The third-order valence-corrected chi connectivity index (χ3v) is 2.59. The van der Waals surface area contributed by atoms with Gasteiger partial charge in [-0.2, -0.15) is 0 Å². The van der Waals surface area contributed by atoms with Crippen LogP contribution in [0.25, 0.3) is 0 Å². The van der Waals surface area contributed by atoms with Crippen molar-refractivity contribution in [2.45, 2.75) is 18.6 Å². The van der Waals surface area contributed by atoms with Crippen molar-refractivity contribution in [3.63, 3.8) is 0 Å². The Morgan fingerprint density at radius 3 is 2.62 bits per heavy atom. The lowest BCUT2D eigenvalue weighted by Gasteiger charge is -2.25. The number of likely N-dealkylation sites (N-methyl/N-ethyl adjacent to an activating group) is 1. The second-order valence-corrected chi connectivity index (χ2v) is 4.25. The van der Waals surface area contributed by atoms with Gasteiger partial charge in [-0.3, -0.25) is 4.79 Å². The molecule has 1 saturated heterocycles. The summed E-state index contributed by atoms with van der Waals surface area (Å²) in [6.07, 6.45) is -0.0560. The summed E-state index contributed by atoms with van der Waals surface area (Å²) < 4.78 is 4.39. The predicted octanol–water partition coefficient (Wildman–Crippen LogP) is -1.32. The van der Waals surface area contributed by atoms with Gasteiger partial charge in [-0.05, 0) is 20.5 Å². The first-order chi connectivity index (χ1) is 7.45. The highest BCUT2D eigenvalue weighted by Gasteiger charge is 2.37. The molecule has 1 amide bonds. The number of carbonyl (C=O) groups is 2. The Kier molecular flexibility index (Phi) is 4.26. The number of hydrogen-bond acceptors (Lipinski definition) is 5. The molecule has 1 fully saturated rings. The Balaban J connectivity index is 2.69. The zero-order valence-electron chi connectivity index (χ0n) is 9.84. The Hall–Kier alpha value is -1.14. The van der Waals surface area contributed by atoms with E-state index in [4.69, 9.17) is 0 Å². The molecule has 1 aliphatic heterocycles. The van der Waals surface area contributed by atoms with Crippen LogP contribution in [-0.4, -0.2) is 73.2 Å². The van der Waals surface area contributed by atoms with Crippen LogP contribution in [-0.2, 0) is 14.3 Å². The maximum atomic E-state index is 11.6. The number of likely N-dealkylation sites (tertiary alicyclic amines) is 1. The third-order valence-electron chi connectivity index (χ3n) is 2.59. The van der Waals surface area contributed by atoms with Crippen LogP contribution in [0.4, 0.5) is 0 Å². The monoisotopic (exact) mass is 230 g/mol. The van der Waals surface area contributed by atoms with Crippen molar-refractivity contribution in [3.8, 4) is 0 Å².